The van der Waals surface area contributed by atoms with E-state index < -0.39 is 0 Å². The number of carbonyl (C=O) groups is 1. The van der Waals surface area contributed by atoms with Gasteiger partial charge in [0.05, 0.1) is 17.9 Å². The molecule has 1 fully saturated rings. The number of nitrogens with zero attached hydrogens (tertiary/aromatic N) is 1. The molecule has 0 spiro atoms. The lowest BCUT2D eigenvalue weighted by Gasteiger charge is -2.37. The van der Waals surface area contributed by atoms with Crippen molar-refractivity contribution in [1.29, 1.82) is 0 Å². The highest BCUT2D eigenvalue weighted by Crippen LogP contribution is 2.33. The van der Waals surface area contributed by atoms with E-state index >= 15 is 0 Å². The van der Waals surface area contributed by atoms with Gasteiger partial charge < -0.3 is 25.0 Å². The largest absolute Gasteiger partial charge is 0.482 e. The smallest absolute Gasteiger partial charge is 0.262 e. The van der Waals surface area contributed by atoms with Crippen LogP contribution in [0.25, 0.3) is 0 Å². The van der Waals surface area contributed by atoms with E-state index in [1.54, 1.807) is 0 Å². The van der Waals surface area contributed by atoms with Gasteiger partial charge in [0.15, 0.2) is 6.61 Å². The number of rotatable bonds is 3. The van der Waals surface area contributed by atoms with Gasteiger partial charge in [-0.15, -0.1) is 0 Å². The van der Waals surface area contributed by atoms with E-state index in [9.17, 15) is 4.79 Å². The van der Waals surface area contributed by atoms with Crippen LogP contribution in [0.3, 0.4) is 0 Å². The first-order valence-electron chi connectivity index (χ1n) is 9.33. The maximum Gasteiger partial charge on any atom is 0.262 e. The zero-order valence-corrected chi connectivity index (χ0v) is 15.9. The van der Waals surface area contributed by atoms with Gasteiger partial charge in [0.2, 0.25) is 0 Å². The summed E-state index contributed by atoms with van der Waals surface area (Å²) in [5.74, 6) is 0.562. The molecular formula is C21H25N3O3. The number of carbonyl (C=O) groups excluding carboxylic acids is 1. The fourth-order valence-corrected chi connectivity index (χ4v) is 3.68. The van der Waals surface area contributed by atoms with Gasteiger partial charge in [-0.05, 0) is 56.7 Å². The Morgan fingerprint density at radius 3 is 2.63 bits per heavy atom. The van der Waals surface area contributed by atoms with Crippen molar-refractivity contribution in [3.8, 4) is 5.75 Å². The normalized spacial score (nSPS) is 21.9. The van der Waals surface area contributed by atoms with Crippen molar-refractivity contribution in [2.24, 2.45) is 0 Å². The van der Waals surface area contributed by atoms with Crippen LogP contribution in [0.1, 0.15) is 19.4 Å². The Hall–Kier alpha value is -2.73. The summed E-state index contributed by atoms with van der Waals surface area (Å²) in [7, 11) is 0. The van der Waals surface area contributed by atoms with E-state index in [1.165, 1.54) is 11.3 Å². The molecule has 0 aliphatic carbocycles. The number of fused-ring (bicyclic) bond motifs is 1. The van der Waals surface area contributed by atoms with Crippen molar-refractivity contribution >= 4 is 28.7 Å². The van der Waals surface area contributed by atoms with Crippen LogP contribution in [0.15, 0.2) is 36.4 Å². The van der Waals surface area contributed by atoms with E-state index in [4.69, 9.17) is 9.47 Å². The molecule has 0 saturated carbocycles. The third-order valence-electron chi connectivity index (χ3n) is 4.89. The Kier molecular flexibility index (Phi) is 4.66. The number of benzene rings is 2. The van der Waals surface area contributed by atoms with Crippen LogP contribution in [0.2, 0.25) is 0 Å². The van der Waals surface area contributed by atoms with Crippen LogP contribution < -0.4 is 20.3 Å². The van der Waals surface area contributed by atoms with Gasteiger partial charge in [-0.2, -0.15) is 0 Å². The number of ether oxygens (including phenoxy) is 2. The quantitative estimate of drug-likeness (QED) is 0.866. The highest BCUT2D eigenvalue weighted by Gasteiger charge is 2.22. The average molecular weight is 367 g/mol. The molecule has 2 atom stereocenters. The Morgan fingerprint density at radius 1 is 1.11 bits per heavy atom. The summed E-state index contributed by atoms with van der Waals surface area (Å²) < 4.78 is 11.3. The molecule has 27 heavy (non-hydrogen) atoms. The predicted octanol–water partition coefficient (Wildman–Crippen LogP) is 3.68. The lowest BCUT2D eigenvalue weighted by atomic mass is 10.1. The van der Waals surface area contributed by atoms with Crippen LogP contribution in [0, 0.1) is 6.92 Å². The highest BCUT2D eigenvalue weighted by molar-refractivity contribution is 5.95. The average Bonchev–Trinajstić information content (AvgIpc) is 2.62. The molecule has 0 radical (unpaired) electrons. The van der Waals surface area contributed by atoms with E-state index in [1.807, 2.05) is 18.2 Å². The van der Waals surface area contributed by atoms with Crippen LogP contribution >= 0.6 is 0 Å². The van der Waals surface area contributed by atoms with Gasteiger partial charge in [-0.3, -0.25) is 4.79 Å². The lowest BCUT2D eigenvalue weighted by Crippen LogP contribution is -2.45. The molecule has 2 N–H and O–H groups in total. The standard InChI is InChI=1S/C21H25N3O3/c1-13-8-17(24-10-14(2)27-15(3)11-24)5-7-18(13)22-16-4-6-19-20(9-16)26-12-21(25)23-19/h4-9,14-15,22H,10-12H2,1-3H3,(H,23,25). The predicted molar refractivity (Wildman–Crippen MR) is 107 cm³/mol. The molecule has 6 heteroatoms. The number of aryl methyl sites for hydroxylation is 1. The fraction of sp³-hybridized carbons (Fsp3) is 0.381. The number of nitrogens with one attached hydrogen (secondary N) is 2. The second-order valence-electron chi connectivity index (χ2n) is 7.33. The maximum atomic E-state index is 11.4. The van der Waals surface area contributed by atoms with Crippen LogP contribution in [-0.4, -0.2) is 37.8 Å². The van der Waals surface area contributed by atoms with Crippen molar-refractivity contribution in [2.45, 2.75) is 33.0 Å². The third kappa shape index (κ3) is 3.85. The molecule has 6 nitrogen and oxygen atoms in total. The fourth-order valence-electron chi connectivity index (χ4n) is 3.68. The molecule has 0 bridgehead atoms. The van der Waals surface area contributed by atoms with Crippen LogP contribution in [0.5, 0.6) is 5.75 Å². The molecule has 2 heterocycles. The zero-order valence-electron chi connectivity index (χ0n) is 15.9. The highest BCUT2D eigenvalue weighted by atomic mass is 16.5. The molecule has 1 amide bonds. The number of amides is 1. The Balaban J connectivity index is 1.51. The maximum absolute atomic E-state index is 11.4. The Morgan fingerprint density at radius 2 is 1.89 bits per heavy atom. The SMILES string of the molecule is Cc1cc(N2CC(C)OC(C)C2)ccc1Nc1ccc2c(c1)OCC(=O)N2. The second-order valence-corrected chi connectivity index (χ2v) is 7.33. The molecule has 1 saturated heterocycles. The van der Waals surface area contributed by atoms with Gasteiger partial charge in [0.1, 0.15) is 5.75 Å². The van der Waals surface area contributed by atoms with E-state index in [2.05, 4.69) is 54.5 Å². The molecule has 2 aromatic carbocycles. The Labute approximate surface area is 159 Å². The summed E-state index contributed by atoms with van der Waals surface area (Å²) in [4.78, 5) is 13.8. The van der Waals surface area contributed by atoms with Gasteiger partial charge >= 0.3 is 0 Å². The van der Waals surface area contributed by atoms with Crippen LogP contribution in [-0.2, 0) is 9.53 Å². The molecule has 2 aliphatic heterocycles. The van der Waals surface area contributed by atoms with Gasteiger partial charge in [0.25, 0.3) is 5.91 Å². The first-order valence-corrected chi connectivity index (χ1v) is 9.33. The molecular weight excluding hydrogens is 342 g/mol. The van der Waals surface area contributed by atoms with Gasteiger partial charge in [-0.25, -0.2) is 0 Å². The summed E-state index contributed by atoms with van der Waals surface area (Å²) >= 11 is 0. The summed E-state index contributed by atoms with van der Waals surface area (Å²) in [6.07, 6.45) is 0.477. The van der Waals surface area contributed by atoms with Crippen molar-refractivity contribution in [1.82, 2.24) is 0 Å². The van der Waals surface area contributed by atoms with Crippen molar-refractivity contribution in [3.63, 3.8) is 0 Å². The first kappa shape index (κ1) is 17.7. The Bertz CT molecular complexity index is 858. The molecule has 2 aromatic rings. The number of morpholine rings is 1. The van der Waals surface area contributed by atoms with E-state index in [0.717, 1.165) is 24.5 Å². The van der Waals surface area contributed by atoms with Crippen molar-refractivity contribution in [2.75, 3.05) is 35.2 Å². The first-order chi connectivity index (χ1) is 13.0. The lowest BCUT2D eigenvalue weighted by molar-refractivity contribution is -0.118. The minimum absolute atomic E-state index is 0.0561. The molecule has 142 valence electrons. The van der Waals surface area contributed by atoms with Crippen molar-refractivity contribution < 1.29 is 14.3 Å². The summed E-state index contributed by atoms with van der Waals surface area (Å²) in [5.41, 5.74) is 5.07. The van der Waals surface area contributed by atoms with E-state index in [0.29, 0.717) is 11.4 Å². The summed E-state index contributed by atoms with van der Waals surface area (Å²) in [6.45, 7) is 8.21. The van der Waals surface area contributed by atoms with Crippen LogP contribution in [0.4, 0.5) is 22.7 Å². The monoisotopic (exact) mass is 367 g/mol. The minimum atomic E-state index is -0.124. The zero-order chi connectivity index (χ0) is 19.0. The van der Waals surface area contributed by atoms with Gasteiger partial charge in [0, 0.05) is 36.2 Å². The van der Waals surface area contributed by atoms with E-state index in [-0.39, 0.29) is 24.7 Å². The molecule has 2 unspecified atom stereocenters. The molecule has 4 rings (SSSR count). The molecule has 0 aromatic heterocycles. The van der Waals surface area contributed by atoms with Crippen molar-refractivity contribution in [3.05, 3.63) is 42.0 Å². The number of anilines is 4. The third-order valence-corrected chi connectivity index (χ3v) is 4.89. The second kappa shape index (κ2) is 7.12. The topological polar surface area (TPSA) is 62.8 Å². The summed E-state index contributed by atoms with van der Waals surface area (Å²) in [5, 5.41) is 6.25. The molecule has 2 aliphatic rings. The number of hydrogen-bond acceptors (Lipinski definition) is 5. The minimum Gasteiger partial charge on any atom is -0.482 e. The number of hydrogen-bond donors (Lipinski definition) is 2. The summed E-state index contributed by atoms with van der Waals surface area (Å²) in [6, 6.07) is 12.2. The van der Waals surface area contributed by atoms with Gasteiger partial charge in [-0.1, -0.05) is 0 Å².